The van der Waals surface area contributed by atoms with Gasteiger partial charge in [-0.05, 0) is 37.3 Å². The molecule has 0 spiro atoms. The third-order valence-electron chi connectivity index (χ3n) is 2.86. The van der Waals surface area contributed by atoms with Crippen molar-refractivity contribution in [1.82, 2.24) is 9.97 Å². The van der Waals surface area contributed by atoms with Crippen LogP contribution in [0, 0.1) is 6.92 Å². The molecule has 0 unspecified atom stereocenters. The van der Waals surface area contributed by atoms with Gasteiger partial charge in [0.25, 0.3) is 0 Å². The van der Waals surface area contributed by atoms with Crippen LogP contribution in [-0.4, -0.2) is 9.97 Å². The first-order chi connectivity index (χ1) is 9.24. The van der Waals surface area contributed by atoms with E-state index in [4.69, 9.17) is 10.5 Å². The maximum Gasteiger partial charge on any atom is 0.136 e. The van der Waals surface area contributed by atoms with Crippen molar-refractivity contribution in [3.63, 3.8) is 0 Å². The third-order valence-corrected chi connectivity index (χ3v) is 2.86. The molecule has 0 atom stereocenters. The number of hydrogen-bond donors (Lipinski definition) is 1. The predicted octanol–water partition coefficient (Wildman–Crippen LogP) is 3.31. The fourth-order valence-electron chi connectivity index (χ4n) is 1.97. The molecule has 4 nitrogen and oxygen atoms in total. The van der Waals surface area contributed by atoms with Crippen LogP contribution in [0.4, 0.5) is 5.69 Å². The second-order valence-corrected chi connectivity index (χ2v) is 4.29. The lowest BCUT2D eigenvalue weighted by atomic mass is 10.2. The fraction of sp³-hybridized carbons (Fsp3) is 0.0667. The molecule has 0 saturated carbocycles. The summed E-state index contributed by atoms with van der Waals surface area (Å²) in [5, 5.41) is 0.900. The monoisotopic (exact) mass is 251 g/mol. The number of ether oxygens (including phenoxy) is 1. The number of anilines is 1. The van der Waals surface area contributed by atoms with Gasteiger partial charge in [0.2, 0.25) is 0 Å². The first kappa shape index (κ1) is 11.5. The van der Waals surface area contributed by atoms with Crippen molar-refractivity contribution in [2.45, 2.75) is 6.92 Å². The molecule has 0 aliphatic heterocycles. The zero-order valence-electron chi connectivity index (χ0n) is 10.5. The van der Waals surface area contributed by atoms with Gasteiger partial charge < -0.3 is 10.5 Å². The van der Waals surface area contributed by atoms with Gasteiger partial charge in [-0.2, -0.15) is 0 Å². The number of nitrogen functional groups attached to an aromatic ring is 1. The van der Waals surface area contributed by atoms with Gasteiger partial charge in [-0.1, -0.05) is 0 Å². The molecule has 4 heteroatoms. The van der Waals surface area contributed by atoms with E-state index in [0.29, 0.717) is 5.69 Å². The van der Waals surface area contributed by atoms with Crippen LogP contribution < -0.4 is 10.5 Å². The Morgan fingerprint density at radius 1 is 1.05 bits per heavy atom. The van der Waals surface area contributed by atoms with Gasteiger partial charge in [0.05, 0.1) is 11.2 Å². The molecule has 0 saturated heterocycles. The van der Waals surface area contributed by atoms with Gasteiger partial charge >= 0.3 is 0 Å². The van der Waals surface area contributed by atoms with Crippen LogP contribution in [0.2, 0.25) is 0 Å². The molecule has 0 aliphatic rings. The number of fused-ring (bicyclic) bond motifs is 1. The molecule has 0 fully saturated rings. The van der Waals surface area contributed by atoms with Gasteiger partial charge in [0.1, 0.15) is 11.5 Å². The molecule has 0 bridgehead atoms. The highest BCUT2D eigenvalue weighted by Crippen LogP contribution is 2.31. The first-order valence-electron chi connectivity index (χ1n) is 5.98. The Hall–Kier alpha value is -2.62. The lowest BCUT2D eigenvalue weighted by molar-refractivity contribution is 0.487. The maximum absolute atomic E-state index is 5.91. The summed E-state index contributed by atoms with van der Waals surface area (Å²) in [6.45, 7) is 1.93. The molecule has 0 aliphatic carbocycles. The number of rotatable bonds is 2. The van der Waals surface area contributed by atoms with E-state index in [1.54, 1.807) is 18.5 Å². The Balaban J connectivity index is 2.09. The number of benzene rings is 1. The second-order valence-electron chi connectivity index (χ2n) is 4.29. The molecular formula is C15H13N3O. The average Bonchev–Trinajstić information content (AvgIpc) is 2.42. The highest BCUT2D eigenvalue weighted by molar-refractivity contribution is 5.93. The summed E-state index contributed by atoms with van der Waals surface area (Å²) in [5.74, 6) is 1.49. The van der Waals surface area contributed by atoms with Crippen molar-refractivity contribution >= 4 is 16.6 Å². The summed E-state index contributed by atoms with van der Waals surface area (Å²) in [6.07, 6.45) is 3.45. The highest BCUT2D eigenvalue weighted by Gasteiger charge is 2.07. The van der Waals surface area contributed by atoms with Crippen LogP contribution in [0.3, 0.4) is 0 Å². The quantitative estimate of drug-likeness (QED) is 0.710. The van der Waals surface area contributed by atoms with E-state index < -0.39 is 0 Å². The van der Waals surface area contributed by atoms with E-state index in [2.05, 4.69) is 9.97 Å². The first-order valence-corrected chi connectivity index (χ1v) is 5.98. The zero-order chi connectivity index (χ0) is 13.2. The van der Waals surface area contributed by atoms with E-state index in [9.17, 15) is 0 Å². The van der Waals surface area contributed by atoms with Gasteiger partial charge in [0, 0.05) is 29.5 Å². The minimum absolute atomic E-state index is 0.647. The summed E-state index contributed by atoms with van der Waals surface area (Å²) >= 11 is 0. The van der Waals surface area contributed by atoms with Crippen molar-refractivity contribution in [2.24, 2.45) is 0 Å². The van der Waals surface area contributed by atoms with Gasteiger partial charge in [0.15, 0.2) is 0 Å². The predicted molar refractivity (Wildman–Crippen MR) is 75.2 cm³/mol. The Morgan fingerprint density at radius 2 is 1.95 bits per heavy atom. The minimum Gasteiger partial charge on any atom is -0.457 e. The van der Waals surface area contributed by atoms with E-state index in [-0.39, 0.29) is 0 Å². The van der Waals surface area contributed by atoms with Gasteiger partial charge in [-0.15, -0.1) is 0 Å². The smallest absolute Gasteiger partial charge is 0.136 e. The lowest BCUT2D eigenvalue weighted by Crippen LogP contribution is -1.93. The van der Waals surface area contributed by atoms with Crippen molar-refractivity contribution in [2.75, 3.05) is 5.73 Å². The van der Waals surface area contributed by atoms with E-state index >= 15 is 0 Å². The normalized spacial score (nSPS) is 10.6. The van der Waals surface area contributed by atoms with Crippen LogP contribution in [0.25, 0.3) is 10.9 Å². The van der Waals surface area contributed by atoms with Crippen LogP contribution in [0.1, 0.15) is 5.69 Å². The average molecular weight is 251 g/mol. The molecular weight excluding hydrogens is 238 g/mol. The zero-order valence-corrected chi connectivity index (χ0v) is 10.5. The third kappa shape index (κ3) is 2.20. The molecule has 0 amide bonds. The van der Waals surface area contributed by atoms with Crippen LogP contribution in [-0.2, 0) is 0 Å². The number of aryl methyl sites for hydroxylation is 1. The molecule has 19 heavy (non-hydrogen) atoms. The SMILES string of the molecule is Cc1cc(Oc2ccc(N)c3ncccc23)ccn1. The van der Waals surface area contributed by atoms with E-state index in [1.165, 1.54) is 0 Å². The lowest BCUT2D eigenvalue weighted by Gasteiger charge is -2.10. The summed E-state index contributed by atoms with van der Waals surface area (Å²) < 4.78 is 5.89. The molecule has 3 aromatic rings. The number of hydrogen-bond acceptors (Lipinski definition) is 4. The van der Waals surface area contributed by atoms with Crippen LogP contribution in [0.15, 0.2) is 48.8 Å². The number of pyridine rings is 2. The molecule has 3 rings (SSSR count). The molecule has 0 radical (unpaired) electrons. The maximum atomic E-state index is 5.91. The summed E-state index contributed by atoms with van der Waals surface area (Å²) in [4.78, 5) is 8.43. The Morgan fingerprint density at radius 3 is 2.79 bits per heavy atom. The number of aromatic nitrogens is 2. The second kappa shape index (κ2) is 4.57. The fourth-order valence-corrected chi connectivity index (χ4v) is 1.97. The molecule has 2 aromatic heterocycles. The summed E-state index contributed by atoms with van der Waals surface area (Å²) in [6, 6.07) is 11.2. The van der Waals surface area contributed by atoms with Gasteiger partial charge in [-0.3, -0.25) is 9.97 Å². The topological polar surface area (TPSA) is 61.0 Å². The molecule has 2 N–H and O–H groups in total. The highest BCUT2D eigenvalue weighted by atomic mass is 16.5. The van der Waals surface area contributed by atoms with Crippen molar-refractivity contribution in [3.8, 4) is 11.5 Å². The van der Waals surface area contributed by atoms with Crippen LogP contribution in [0.5, 0.6) is 11.5 Å². The summed E-state index contributed by atoms with van der Waals surface area (Å²) in [5.41, 5.74) is 8.23. The Labute approximate surface area is 110 Å². The Bertz CT molecular complexity index is 740. The molecule has 94 valence electrons. The van der Waals surface area contributed by atoms with Crippen LogP contribution >= 0.6 is 0 Å². The minimum atomic E-state index is 0.647. The van der Waals surface area contributed by atoms with Crippen molar-refractivity contribution < 1.29 is 4.74 Å². The largest absolute Gasteiger partial charge is 0.457 e. The standard InChI is InChI=1S/C15H13N3O/c1-10-9-11(6-8-17-10)19-14-5-4-13(16)15-12(14)3-2-7-18-15/h2-9H,16H2,1H3. The van der Waals surface area contributed by atoms with E-state index in [0.717, 1.165) is 28.1 Å². The van der Waals surface area contributed by atoms with Crippen molar-refractivity contribution in [1.29, 1.82) is 0 Å². The number of nitrogens with zero attached hydrogens (tertiary/aromatic N) is 2. The molecule has 1 aromatic carbocycles. The van der Waals surface area contributed by atoms with Gasteiger partial charge in [-0.25, -0.2) is 0 Å². The number of nitrogens with two attached hydrogens (primary N) is 1. The Kier molecular flexibility index (Phi) is 2.76. The van der Waals surface area contributed by atoms with Crippen molar-refractivity contribution in [3.05, 3.63) is 54.5 Å². The molecule has 2 heterocycles. The summed E-state index contributed by atoms with van der Waals surface area (Å²) in [7, 11) is 0. The van der Waals surface area contributed by atoms with E-state index in [1.807, 2.05) is 37.3 Å².